The highest BCUT2D eigenvalue weighted by Gasteiger charge is 2.13. The standard InChI is InChI=1S/C18H24N4O/c1-5-10-19-18-20-13(4)11-15(21-18)17(23)22-16-12(3)8-7-9-14(16)6-2/h7-9,11H,5-6,10H2,1-4H3,(H,22,23)(H,19,20,21). The van der Waals surface area contributed by atoms with Crippen molar-refractivity contribution in [1.29, 1.82) is 0 Å². The van der Waals surface area contributed by atoms with Crippen molar-refractivity contribution in [2.45, 2.75) is 40.5 Å². The highest BCUT2D eigenvalue weighted by Crippen LogP contribution is 2.21. The van der Waals surface area contributed by atoms with Gasteiger partial charge in [0.1, 0.15) is 5.69 Å². The Balaban J connectivity index is 2.26. The molecule has 23 heavy (non-hydrogen) atoms. The fraction of sp³-hybridized carbons (Fsp3) is 0.389. The van der Waals surface area contributed by atoms with E-state index >= 15 is 0 Å². The van der Waals surface area contributed by atoms with Crippen LogP contribution in [0.1, 0.15) is 47.6 Å². The molecule has 0 spiro atoms. The van der Waals surface area contributed by atoms with Crippen molar-refractivity contribution in [1.82, 2.24) is 9.97 Å². The van der Waals surface area contributed by atoms with E-state index in [9.17, 15) is 4.79 Å². The number of anilines is 2. The van der Waals surface area contributed by atoms with E-state index in [1.807, 2.05) is 32.0 Å². The minimum atomic E-state index is -0.209. The van der Waals surface area contributed by atoms with Gasteiger partial charge in [0.15, 0.2) is 0 Å². The Morgan fingerprint density at radius 2 is 1.96 bits per heavy atom. The molecule has 0 saturated heterocycles. The van der Waals surface area contributed by atoms with E-state index in [4.69, 9.17) is 0 Å². The van der Waals surface area contributed by atoms with Gasteiger partial charge < -0.3 is 10.6 Å². The molecule has 0 fully saturated rings. The van der Waals surface area contributed by atoms with Crippen LogP contribution in [0.15, 0.2) is 24.3 Å². The van der Waals surface area contributed by atoms with Gasteiger partial charge in [0, 0.05) is 17.9 Å². The fourth-order valence-electron chi connectivity index (χ4n) is 2.38. The van der Waals surface area contributed by atoms with Gasteiger partial charge >= 0.3 is 0 Å². The molecule has 1 aromatic heterocycles. The van der Waals surface area contributed by atoms with Crippen molar-refractivity contribution in [2.75, 3.05) is 17.2 Å². The second-order valence-electron chi connectivity index (χ2n) is 5.56. The molecule has 2 rings (SSSR count). The lowest BCUT2D eigenvalue weighted by atomic mass is 10.1. The van der Waals surface area contributed by atoms with Gasteiger partial charge in [-0.3, -0.25) is 4.79 Å². The molecule has 0 bridgehead atoms. The summed E-state index contributed by atoms with van der Waals surface area (Å²) in [6, 6.07) is 7.73. The summed E-state index contributed by atoms with van der Waals surface area (Å²) in [6.07, 6.45) is 1.84. The van der Waals surface area contributed by atoms with Crippen LogP contribution in [0.5, 0.6) is 0 Å². The van der Waals surface area contributed by atoms with Crippen LogP contribution in [0, 0.1) is 13.8 Å². The van der Waals surface area contributed by atoms with Crippen LogP contribution in [-0.4, -0.2) is 22.4 Å². The molecule has 0 aliphatic carbocycles. The zero-order valence-electron chi connectivity index (χ0n) is 14.2. The van der Waals surface area contributed by atoms with Gasteiger partial charge in [0.2, 0.25) is 5.95 Å². The first-order valence-electron chi connectivity index (χ1n) is 8.04. The number of para-hydroxylation sites is 1. The number of hydrogen-bond donors (Lipinski definition) is 2. The molecule has 2 aromatic rings. The van der Waals surface area contributed by atoms with Gasteiger partial charge in [-0.1, -0.05) is 32.0 Å². The van der Waals surface area contributed by atoms with E-state index in [0.29, 0.717) is 11.6 Å². The third-order valence-corrected chi connectivity index (χ3v) is 3.60. The van der Waals surface area contributed by atoms with Gasteiger partial charge in [-0.2, -0.15) is 0 Å². The van der Waals surface area contributed by atoms with Crippen LogP contribution in [0.2, 0.25) is 0 Å². The maximum absolute atomic E-state index is 12.6. The average Bonchev–Trinajstić information content (AvgIpc) is 2.54. The van der Waals surface area contributed by atoms with Crippen molar-refractivity contribution >= 4 is 17.5 Å². The van der Waals surface area contributed by atoms with Crippen LogP contribution < -0.4 is 10.6 Å². The molecule has 0 saturated carbocycles. The Hall–Kier alpha value is -2.43. The Bertz CT molecular complexity index is 697. The molecule has 0 atom stereocenters. The zero-order valence-corrected chi connectivity index (χ0v) is 14.2. The number of rotatable bonds is 6. The minimum Gasteiger partial charge on any atom is -0.354 e. The Morgan fingerprint density at radius 3 is 2.65 bits per heavy atom. The minimum absolute atomic E-state index is 0.209. The molecular formula is C18H24N4O. The van der Waals surface area contributed by atoms with Crippen LogP contribution >= 0.6 is 0 Å². The summed E-state index contributed by atoms with van der Waals surface area (Å²) < 4.78 is 0. The van der Waals surface area contributed by atoms with Crippen molar-refractivity contribution in [3.05, 3.63) is 46.8 Å². The van der Waals surface area contributed by atoms with Gasteiger partial charge in [-0.05, 0) is 43.9 Å². The summed E-state index contributed by atoms with van der Waals surface area (Å²) >= 11 is 0. The van der Waals surface area contributed by atoms with E-state index < -0.39 is 0 Å². The number of aryl methyl sites for hydroxylation is 3. The third-order valence-electron chi connectivity index (χ3n) is 3.60. The van der Waals surface area contributed by atoms with Crippen molar-refractivity contribution in [3.8, 4) is 0 Å². The largest absolute Gasteiger partial charge is 0.354 e. The van der Waals surface area contributed by atoms with Crippen molar-refractivity contribution in [2.24, 2.45) is 0 Å². The number of benzene rings is 1. The molecule has 5 nitrogen and oxygen atoms in total. The van der Waals surface area contributed by atoms with E-state index in [1.165, 1.54) is 0 Å². The van der Waals surface area contributed by atoms with Crippen LogP contribution in [0.4, 0.5) is 11.6 Å². The molecule has 1 amide bonds. The Labute approximate surface area is 137 Å². The molecule has 1 aromatic carbocycles. The average molecular weight is 312 g/mol. The lowest BCUT2D eigenvalue weighted by Crippen LogP contribution is -2.18. The number of amides is 1. The van der Waals surface area contributed by atoms with Crippen LogP contribution in [-0.2, 0) is 6.42 Å². The first-order valence-corrected chi connectivity index (χ1v) is 8.04. The Kier molecular flexibility index (Phi) is 5.68. The van der Waals surface area contributed by atoms with Crippen LogP contribution in [0.25, 0.3) is 0 Å². The molecule has 0 unspecified atom stereocenters. The number of hydrogen-bond acceptors (Lipinski definition) is 4. The van der Waals surface area contributed by atoms with Gasteiger partial charge in [0.25, 0.3) is 5.91 Å². The topological polar surface area (TPSA) is 66.9 Å². The highest BCUT2D eigenvalue weighted by atomic mass is 16.1. The predicted molar refractivity (Wildman–Crippen MR) is 94.1 cm³/mol. The molecule has 0 aliphatic rings. The monoisotopic (exact) mass is 312 g/mol. The van der Waals surface area contributed by atoms with E-state index in [2.05, 4.69) is 34.4 Å². The quantitative estimate of drug-likeness (QED) is 0.853. The molecule has 2 N–H and O–H groups in total. The summed E-state index contributed by atoms with van der Waals surface area (Å²) in [5.74, 6) is 0.288. The molecule has 1 heterocycles. The molecule has 122 valence electrons. The number of carbonyl (C=O) groups excluding carboxylic acids is 1. The first kappa shape index (κ1) is 16.9. The number of aromatic nitrogens is 2. The number of nitrogens with zero attached hydrogens (tertiary/aromatic N) is 2. The van der Waals surface area contributed by atoms with Crippen molar-refractivity contribution < 1.29 is 4.79 Å². The SMILES string of the molecule is CCCNc1nc(C)cc(C(=O)Nc2c(C)cccc2CC)n1. The lowest BCUT2D eigenvalue weighted by molar-refractivity contribution is 0.102. The zero-order chi connectivity index (χ0) is 16.8. The molecule has 0 radical (unpaired) electrons. The normalized spacial score (nSPS) is 10.4. The van der Waals surface area contributed by atoms with E-state index in [1.54, 1.807) is 6.07 Å². The van der Waals surface area contributed by atoms with Gasteiger partial charge in [-0.15, -0.1) is 0 Å². The Morgan fingerprint density at radius 1 is 1.17 bits per heavy atom. The molecule has 0 aliphatic heterocycles. The van der Waals surface area contributed by atoms with E-state index in [0.717, 1.165) is 41.9 Å². The second-order valence-corrected chi connectivity index (χ2v) is 5.56. The van der Waals surface area contributed by atoms with Gasteiger partial charge in [0.05, 0.1) is 0 Å². The third kappa shape index (κ3) is 4.28. The van der Waals surface area contributed by atoms with Crippen LogP contribution in [0.3, 0.4) is 0 Å². The number of carbonyl (C=O) groups is 1. The lowest BCUT2D eigenvalue weighted by Gasteiger charge is -2.13. The second kappa shape index (κ2) is 7.72. The fourth-order valence-corrected chi connectivity index (χ4v) is 2.38. The maximum atomic E-state index is 12.6. The van der Waals surface area contributed by atoms with Crippen molar-refractivity contribution in [3.63, 3.8) is 0 Å². The summed E-state index contributed by atoms with van der Waals surface area (Å²) in [7, 11) is 0. The summed E-state index contributed by atoms with van der Waals surface area (Å²) in [4.78, 5) is 21.2. The molecule has 5 heteroatoms. The van der Waals surface area contributed by atoms with Gasteiger partial charge in [-0.25, -0.2) is 9.97 Å². The highest BCUT2D eigenvalue weighted by molar-refractivity contribution is 6.04. The maximum Gasteiger partial charge on any atom is 0.274 e. The summed E-state index contributed by atoms with van der Waals surface area (Å²) in [5, 5.41) is 6.13. The summed E-state index contributed by atoms with van der Waals surface area (Å²) in [5.41, 5.74) is 4.19. The first-order chi connectivity index (χ1) is 11.0. The molecular weight excluding hydrogens is 288 g/mol. The smallest absolute Gasteiger partial charge is 0.274 e. The van der Waals surface area contributed by atoms with E-state index in [-0.39, 0.29) is 5.91 Å². The number of nitrogens with one attached hydrogen (secondary N) is 2. The summed E-state index contributed by atoms with van der Waals surface area (Å²) in [6.45, 7) is 8.78. The predicted octanol–water partition coefficient (Wildman–Crippen LogP) is 3.73.